The molecule has 1 aromatic heterocycles. The summed E-state index contributed by atoms with van der Waals surface area (Å²) in [5, 5.41) is 0. The Hall–Kier alpha value is -0.980. The molecule has 0 unspecified atom stereocenters. The third-order valence-electron chi connectivity index (χ3n) is 2.47. The molecule has 1 nitrogen and oxygen atoms in total. The van der Waals surface area contributed by atoms with Gasteiger partial charge in [0.25, 0.3) is 0 Å². The van der Waals surface area contributed by atoms with Crippen LogP contribution >= 0.6 is 0 Å². The Morgan fingerprint density at radius 3 is 2.54 bits per heavy atom. The van der Waals surface area contributed by atoms with Crippen LogP contribution in [-0.4, -0.2) is 4.57 Å². The van der Waals surface area contributed by atoms with E-state index in [2.05, 4.69) is 29.6 Å². The van der Waals surface area contributed by atoms with E-state index in [9.17, 15) is 0 Å². The number of aromatic nitrogens is 1. The normalized spacial score (nSPS) is 15.5. The lowest BCUT2D eigenvalue weighted by Gasteiger charge is -2.26. The van der Waals surface area contributed by atoms with Gasteiger partial charge >= 0.3 is 0 Å². The summed E-state index contributed by atoms with van der Waals surface area (Å²) in [5.74, 6) is 0. The van der Waals surface area contributed by atoms with Gasteiger partial charge in [-0.05, 0) is 30.9 Å². The zero-order valence-corrected chi connectivity index (χ0v) is 8.66. The Morgan fingerprint density at radius 1 is 1.46 bits per heavy atom. The standard InChI is InChI=1S/C10H13N.C2H6/c1-2-9-6-7-11(8-9)10-4-3-5-10;1-2/h2,6-8,10H,1,3-5H2;1-2H3. The summed E-state index contributed by atoms with van der Waals surface area (Å²) in [7, 11) is 0. The summed E-state index contributed by atoms with van der Waals surface area (Å²) in [4.78, 5) is 0. The van der Waals surface area contributed by atoms with Gasteiger partial charge in [0.05, 0.1) is 0 Å². The van der Waals surface area contributed by atoms with Gasteiger partial charge in [-0.15, -0.1) is 0 Å². The van der Waals surface area contributed by atoms with Crippen LogP contribution in [0.5, 0.6) is 0 Å². The third-order valence-corrected chi connectivity index (χ3v) is 2.47. The summed E-state index contributed by atoms with van der Waals surface area (Å²) in [6.07, 6.45) is 10.3. The first-order chi connectivity index (χ1) is 6.40. The molecule has 0 N–H and O–H groups in total. The molecule has 1 heterocycles. The molecular weight excluding hydrogens is 158 g/mol. The molecule has 1 heteroatoms. The number of rotatable bonds is 2. The Morgan fingerprint density at radius 2 is 2.15 bits per heavy atom. The lowest BCUT2D eigenvalue weighted by atomic mass is 9.93. The Balaban J connectivity index is 0.000000396. The van der Waals surface area contributed by atoms with E-state index in [1.165, 1.54) is 24.8 Å². The zero-order chi connectivity index (χ0) is 9.68. The molecule has 1 aromatic rings. The van der Waals surface area contributed by atoms with E-state index < -0.39 is 0 Å². The van der Waals surface area contributed by atoms with Crippen LogP contribution in [-0.2, 0) is 0 Å². The molecule has 0 amide bonds. The molecule has 0 atom stereocenters. The Kier molecular flexibility index (Phi) is 3.81. The first-order valence-corrected chi connectivity index (χ1v) is 5.20. The maximum atomic E-state index is 3.73. The van der Waals surface area contributed by atoms with Crippen molar-refractivity contribution in [2.45, 2.75) is 39.2 Å². The highest BCUT2D eigenvalue weighted by Crippen LogP contribution is 2.31. The SMILES string of the molecule is C=Cc1ccn(C2CCC2)c1.CC. The Bertz CT molecular complexity index is 256. The maximum absolute atomic E-state index is 3.73. The van der Waals surface area contributed by atoms with Crippen molar-refractivity contribution in [3.63, 3.8) is 0 Å². The fraction of sp³-hybridized carbons (Fsp3) is 0.500. The van der Waals surface area contributed by atoms with Crippen LogP contribution in [0.25, 0.3) is 6.08 Å². The van der Waals surface area contributed by atoms with E-state index in [0.717, 1.165) is 6.04 Å². The highest BCUT2D eigenvalue weighted by Gasteiger charge is 2.17. The van der Waals surface area contributed by atoms with Crippen molar-refractivity contribution in [3.8, 4) is 0 Å². The predicted molar refractivity (Wildman–Crippen MR) is 58.8 cm³/mol. The molecule has 0 spiro atoms. The smallest absolute Gasteiger partial charge is 0.0330 e. The summed E-state index contributed by atoms with van der Waals surface area (Å²) >= 11 is 0. The van der Waals surface area contributed by atoms with E-state index in [4.69, 9.17) is 0 Å². The van der Waals surface area contributed by atoms with Gasteiger partial charge in [0.2, 0.25) is 0 Å². The lowest BCUT2D eigenvalue weighted by Crippen LogP contribution is -2.14. The van der Waals surface area contributed by atoms with Gasteiger partial charge < -0.3 is 4.57 Å². The van der Waals surface area contributed by atoms with Gasteiger partial charge in [-0.2, -0.15) is 0 Å². The van der Waals surface area contributed by atoms with Crippen molar-refractivity contribution < 1.29 is 0 Å². The first-order valence-electron chi connectivity index (χ1n) is 5.20. The molecule has 0 aromatic carbocycles. The summed E-state index contributed by atoms with van der Waals surface area (Å²) in [6, 6.07) is 2.90. The van der Waals surface area contributed by atoms with E-state index in [-0.39, 0.29) is 0 Å². The molecule has 1 saturated carbocycles. The van der Waals surface area contributed by atoms with Crippen molar-refractivity contribution in [3.05, 3.63) is 30.6 Å². The highest BCUT2D eigenvalue weighted by molar-refractivity contribution is 5.45. The molecule has 1 aliphatic rings. The minimum atomic E-state index is 0.781. The molecule has 72 valence electrons. The van der Waals surface area contributed by atoms with Crippen LogP contribution in [0.1, 0.15) is 44.7 Å². The van der Waals surface area contributed by atoms with Crippen molar-refractivity contribution >= 4 is 6.08 Å². The monoisotopic (exact) mass is 177 g/mol. The van der Waals surface area contributed by atoms with Crippen molar-refractivity contribution in [2.75, 3.05) is 0 Å². The number of hydrogen-bond donors (Lipinski definition) is 0. The molecule has 0 saturated heterocycles. The van der Waals surface area contributed by atoms with Gasteiger partial charge in [-0.25, -0.2) is 0 Å². The fourth-order valence-corrected chi connectivity index (χ4v) is 1.46. The van der Waals surface area contributed by atoms with Gasteiger partial charge in [-0.3, -0.25) is 0 Å². The summed E-state index contributed by atoms with van der Waals surface area (Å²) in [5.41, 5.74) is 1.23. The van der Waals surface area contributed by atoms with Crippen molar-refractivity contribution in [1.29, 1.82) is 0 Å². The zero-order valence-electron chi connectivity index (χ0n) is 8.66. The molecule has 13 heavy (non-hydrogen) atoms. The van der Waals surface area contributed by atoms with E-state index in [1.807, 2.05) is 19.9 Å². The van der Waals surface area contributed by atoms with E-state index in [1.54, 1.807) is 0 Å². The molecule has 1 fully saturated rings. The maximum Gasteiger partial charge on any atom is 0.0330 e. The second-order valence-corrected chi connectivity index (χ2v) is 3.18. The fourth-order valence-electron chi connectivity index (χ4n) is 1.46. The van der Waals surface area contributed by atoms with Crippen LogP contribution in [0.2, 0.25) is 0 Å². The Labute approximate surface area is 81.1 Å². The predicted octanol–water partition coefficient (Wildman–Crippen LogP) is 3.88. The van der Waals surface area contributed by atoms with Crippen molar-refractivity contribution in [1.82, 2.24) is 4.57 Å². The molecular formula is C12H19N. The number of hydrogen-bond acceptors (Lipinski definition) is 0. The third kappa shape index (κ3) is 2.24. The second-order valence-electron chi connectivity index (χ2n) is 3.18. The average molecular weight is 177 g/mol. The highest BCUT2D eigenvalue weighted by atomic mass is 15.0. The van der Waals surface area contributed by atoms with Gasteiger partial charge in [0.1, 0.15) is 0 Å². The van der Waals surface area contributed by atoms with Crippen molar-refractivity contribution in [2.24, 2.45) is 0 Å². The largest absolute Gasteiger partial charge is 0.351 e. The average Bonchev–Trinajstić information content (AvgIpc) is 2.54. The van der Waals surface area contributed by atoms with Crippen LogP contribution < -0.4 is 0 Å². The molecule has 0 bridgehead atoms. The van der Waals surface area contributed by atoms with Crippen LogP contribution in [0, 0.1) is 0 Å². The topological polar surface area (TPSA) is 4.93 Å². The van der Waals surface area contributed by atoms with Crippen LogP contribution in [0.3, 0.4) is 0 Å². The minimum absolute atomic E-state index is 0.781. The molecule has 2 rings (SSSR count). The van der Waals surface area contributed by atoms with Gasteiger partial charge in [0, 0.05) is 18.4 Å². The van der Waals surface area contributed by atoms with Gasteiger partial charge in [-0.1, -0.05) is 26.5 Å². The van der Waals surface area contributed by atoms with Crippen LogP contribution in [0.15, 0.2) is 25.0 Å². The quantitative estimate of drug-likeness (QED) is 0.646. The van der Waals surface area contributed by atoms with Crippen LogP contribution in [0.4, 0.5) is 0 Å². The lowest BCUT2D eigenvalue weighted by molar-refractivity contribution is 0.314. The second kappa shape index (κ2) is 4.90. The molecule has 1 aliphatic carbocycles. The summed E-state index contributed by atoms with van der Waals surface area (Å²) < 4.78 is 2.31. The van der Waals surface area contributed by atoms with E-state index in [0.29, 0.717) is 0 Å². The van der Waals surface area contributed by atoms with E-state index >= 15 is 0 Å². The molecule has 0 aliphatic heterocycles. The molecule has 0 radical (unpaired) electrons. The minimum Gasteiger partial charge on any atom is -0.351 e. The summed E-state index contributed by atoms with van der Waals surface area (Å²) in [6.45, 7) is 7.73. The van der Waals surface area contributed by atoms with Gasteiger partial charge in [0.15, 0.2) is 0 Å². The number of nitrogens with zero attached hydrogens (tertiary/aromatic N) is 1. The first kappa shape index (κ1) is 10.1.